The van der Waals surface area contributed by atoms with E-state index < -0.39 is 5.41 Å². The number of carbonyl (C=O) groups is 2. The topological polar surface area (TPSA) is 118 Å². The fourth-order valence-electron chi connectivity index (χ4n) is 7.86. The first-order valence-corrected chi connectivity index (χ1v) is 24.7. The Morgan fingerprint density at radius 1 is 0.618 bits per heavy atom. The number of rotatable bonds is 15. The summed E-state index contributed by atoms with van der Waals surface area (Å²) in [6.45, 7) is 9.83. The number of ether oxygens (including phenoxy) is 2. The molecule has 0 saturated carbocycles. The molecule has 6 aromatic rings. The lowest BCUT2D eigenvalue weighted by Crippen LogP contribution is -2.48. The second kappa shape index (κ2) is 27.9. The highest BCUT2D eigenvalue weighted by Gasteiger charge is 2.39. The summed E-state index contributed by atoms with van der Waals surface area (Å²) in [4.78, 5) is 37.7. The first-order chi connectivity index (χ1) is 32.5. The van der Waals surface area contributed by atoms with Crippen LogP contribution in [-0.4, -0.2) is 77.9 Å². The van der Waals surface area contributed by atoms with Gasteiger partial charge in [-0.15, -0.1) is 12.4 Å². The number of piperidine rings is 2. The van der Waals surface area contributed by atoms with Crippen LogP contribution in [0.4, 0.5) is 0 Å². The predicted octanol–water partition coefficient (Wildman–Crippen LogP) is 11.3. The van der Waals surface area contributed by atoms with Gasteiger partial charge in [-0.25, -0.2) is 0 Å². The van der Waals surface area contributed by atoms with Crippen LogP contribution in [0, 0.1) is 10.8 Å². The van der Waals surface area contributed by atoms with E-state index in [2.05, 4.69) is 53.7 Å². The number of aromatic nitrogens is 2. The lowest BCUT2D eigenvalue weighted by Gasteiger charge is -2.39. The van der Waals surface area contributed by atoms with Crippen molar-refractivity contribution in [2.24, 2.45) is 10.8 Å². The van der Waals surface area contributed by atoms with Gasteiger partial charge >= 0.3 is 0 Å². The maximum Gasteiger partial charge on any atom is 0.226 e. The maximum absolute atomic E-state index is 13.4. The Kier molecular flexibility index (Phi) is 22.1. The van der Waals surface area contributed by atoms with Crippen LogP contribution in [0.3, 0.4) is 0 Å². The van der Waals surface area contributed by atoms with E-state index in [1.165, 1.54) is 0 Å². The number of halogens is 4. The normalized spacial score (nSPS) is 15.8. The van der Waals surface area contributed by atoms with E-state index >= 15 is 0 Å². The number of carbonyl (C=O) groups excluding carboxylic acids is 2. The highest BCUT2D eigenvalue weighted by Crippen LogP contribution is 2.34. The molecule has 8 rings (SSSR count). The third-order valence-electron chi connectivity index (χ3n) is 12.2. The lowest BCUT2D eigenvalue weighted by molar-refractivity contribution is -0.133. The number of nitrogens with zero attached hydrogens (tertiary/aromatic N) is 3. The Bertz CT molecular complexity index is 2360. The SMILES string of the molecule is BrCCOc1ccccc1.CC1(C(=O)NC(c2ccc(Cl)cc2)c2ccccn2)CCN(CCOc2ccccc2)CC1.CC1(C(=O)NC(c2ccc(Cl)cc2)c2ccccn2)CCNCC1.Cl. The summed E-state index contributed by atoms with van der Waals surface area (Å²) in [5, 5.41) is 12.0. The number of nitrogens with one attached hydrogen (secondary N) is 3. The van der Waals surface area contributed by atoms with Gasteiger partial charge in [0.2, 0.25) is 11.8 Å². The van der Waals surface area contributed by atoms with Gasteiger partial charge in [0.1, 0.15) is 18.1 Å². The highest BCUT2D eigenvalue weighted by atomic mass is 79.9. The molecular weight excluding hydrogens is 983 g/mol. The van der Waals surface area contributed by atoms with Crippen molar-refractivity contribution in [3.05, 3.63) is 191 Å². The molecular formula is C54H62BrCl3N6O4. The van der Waals surface area contributed by atoms with Crippen molar-refractivity contribution < 1.29 is 19.1 Å². The van der Waals surface area contributed by atoms with Gasteiger partial charge in [-0.1, -0.05) is 126 Å². The molecule has 10 nitrogen and oxygen atoms in total. The van der Waals surface area contributed by atoms with Gasteiger partial charge in [0.25, 0.3) is 0 Å². The molecule has 0 spiro atoms. The Hall–Kier alpha value is -5.01. The van der Waals surface area contributed by atoms with Gasteiger partial charge in [-0.2, -0.15) is 0 Å². The molecule has 360 valence electrons. The average molecular weight is 1050 g/mol. The van der Waals surface area contributed by atoms with Crippen LogP contribution >= 0.6 is 51.5 Å². The van der Waals surface area contributed by atoms with Crippen molar-refractivity contribution in [2.45, 2.75) is 51.6 Å². The summed E-state index contributed by atoms with van der Waals surface area (Å²) in [6.07, 6.45) is 6.79. The molecule has 2 amide bonds. The number of para-hydroxylation sites is 2. The summed E-state index contributed by atoms with van der Waals surface area (Å²) >= 11 is 15.4. The first kappa shape index (κ1) is 53.9. The van der Waals surface area contributed by atoms with Crippen LogP contribution in [0.15, 0.2) is 158 Å². The Morgan fingerprint density at radius 3 is 1.44 bits per heavy atom. The Morgan fingerprint density at radius 2 is 1.03 bits per heavy atom. The minimum absolute atomic E-state index is 0. The van der Waals surface area contributed by atoms with Crippen LogP contribution in [-0.2, 0) is 9.59 Å². The third kappa shape index (κ3) is 16.6. The zero-order valence-corrected chi connectivity index (χ0v) is 42.6. The fourth-order valence-corrected chi connectivity index (χ4v) is 8.27. The molecule has 2 aromatic heterocycles. The molecule has 0 aliphatic carbocycles. The van der Waals surface area contributed by atoms with E-state index in [4.69, 9.17) is 32.7 Å². The number of pyridine rings is 2. The molecule has 14 heteroatoms. The smallest absolute Gasteiger partial charge is 0.226 e. The van der Waals surface area contributed by atoms with Crippen molar-refractivity contribution in [3.8, 4) is 11.5 Å². The first-order valence-electron chi connectivity index (χ1n) is 22.8. The second-order valence-electron chi connectivity index (χ2n) is 17.2. The zero-order chi connectivity index (χ0) is 47.3. The molecule has 2 fully saturated rings. The van der Waals surface area contributed by atoms with Gasteiger partial charge in [-0.05, 0) is 136 Å². The Labute approximate surface area is 426 Å². The van der Waals surface area contributed by atoms with Crippen molar-refractivity contribution in [1.82, 2.24) is 30.8 Å². The number of alkyl halides is 1. The van der Waals surface area contributed by atoms with Crippen molar-refractivity contribution in [2.75, 3.05) is 51.3 Å². The van der Waals surface area contributed by atoms with E-state index in [9.17, 15) is 9.59 Å². The molecule has 3 N–H and O–H groups in total. The minimum atomic E-state index is -0.420. The van der Waals surface area contributed by atoms with E-state index in [-0.39, 0.29) is 41.7 Å². The van der Waals surface area contributed by atoms with Crippen LogP contribution in [0.25, 0.3) is 0 Å². The Balaban J connectivity index is 0.000000215. The average Bonchev–Trinajstić information content (AvgIpc) is 3.37. The largest absolute Gasteiger partial charge is 0.493 e. The van der Waals surface area contributed by atoms with Crippen molar-refractivity contribution in [3.63, 3.8) is 0 Å². The summed E-state index contributed by atoms with van der Waals surface area (Å²) < 4.78 is 11.1. The standard InChI is InChI=1S/C27H30ClN3O2.C19H22ClN3O.C8H9BrO.ClH/c1-27(14-17-31(18-15-27)19-20-33-23-7-3-2-4-8-23)26(32)30-25(24-9-5-6-16-29-24)21-10-12-22(28)13-11-21;1-19(9-12-21-13-10-19)18(24)23-17(16-4-2-3-11-22-16)14-5-7-15(20)8-6-14;9-6-7-10-8-4-2-1-3-5-8;/h2-13,16,25H,14-15,17-20H2,1H3,(H,30,32);2-8,11,17,21H,9-10,12-13H2,1H3,(H,23,24);1-5H,6-7H2;1H. The van der Waals surface area contributed by atoms with E-state index in [0.29, 0.717) is 16.7 Å². The molecule has 0 bridgehead atoms. The van der Waals surface area contributed by atoms with Gasteiger partial charge in [0.05, 0.1) is 30.1 Å². The van der Waals surface area contributed by atoms with Gasteiger partial charge in [0.15, 0.2) is 0 Å². The maximum atomic E-state index is 13.4. The molecule has 2 saturated heterocycles. The van der Waals surface area contributed by atoms with Crippen LogP contribution in [0.2, 0.25) is 10.0 Å². The predicted molar refractivity (Wildman–Crippen MR) is 280 cm³/mol. The number of hydrogen-bond acceptors (Lipinski definition) is 8. The lowest BCUT2D eigenvalue weighted by atomic mass is 9.79. The number of likely N-dealkylation sites (tertiary alicyclic amines) is 1. The van der Waals surface area contributed by atoms with E-state index in [1.54, 1.807) is 12.4 Å². The molecule has 0 radical (unpaired) electrons. The third-order valence-corrected chi connectivity index (χ3v) is 13.0. The van der Waals surface area contributed by atoms with Crippen LogP contribution in [0.5, 0.6) is 11.5 Å². The summed E-state index contributed by atoms with van der Waals surface area (Å²) in [5.74, 6) is 1.96. The van der Waals surface area contributed by atoms with Crippen molar-refractivity contribution >= 4 is 63.4 Å². The second-order valence-corrected chi connectivity index (χ2v) is 18.8. The molecule has 4 heterocycles. The summed E-state index contributed by atoms with van der Waals surface area (Å²) in [7, 11) is 0. The van der Waals surface area contributed by atoms with Crippen molar-refractivity contribution in [1.29, 1.82) is 0 Å². The van der Waals surface area contributed by atoms with Crippen LogP contribution in [0.1, 0.15) is 74.1 Å². The number of hydrogen-bond donors (Lipinski definition) is 3. The van der Waals surface area contributed by atoms with E-state index in [1.807, 2.05) is 153 Å². The summed E-state index contributed by atoms with van der Waals surface area (Å²) in [5.41, 5.74) is 2.81. The molecule has 2 atom stereocenters. The molecule has 4 aromatic carbocycles. The zero-order valence-electron chi connectivity index (χ0n) is 38.7. The molecule has 2 unspecified atom stereocenters. The number of amides is 2. The molecule has 2 aliphatic rings. The quantitative estimate of drug-likeness (QED) is 0.0871. The number of benzene rings is 4. The van der Waals surface area contributed by atoms with Gasteiger partial charge < -0.3 is 25.4 Å². The highest BCUT2D eigenvalue weighted by molar-refractivity contribution is 9.09. The van der Waals surface area contributed by atoms with E-state index in [0.717, 1.165) is 104 Å². The fraction of sp³-hybridized carbons (Fsp3) is 0.333. The minimum Gasteiger partial charge on any atom is -0.493 e. The van der Waals surface area contributed by atoms with Crippen LogP contribution < -0.4 is 25.4 Å². The van der Waals surface area contributed by atoms with Gasteiger partial charge in [-0.3, -0.25) is 24.5 Å². The monoisotopic (exact) mass is 1040 g/mol. The molecule has 68 heavy (non-hydrogen) atoms. The molecule has 2 aliphatic heterocycles. The summed E-state index contributed by atoms with van der Waals surface area (Å²) in [6, 6.07) is 45.7. The van der Waals surface area contributed by atoms with Gasteiger partial charge in [0, 0.05) is 45.1 Å².